The summed E-state index contributed by atoms with van der Waals surface area (Å²) in [6.45, 7) is 16.9. The molecule has 4 bridgehead atoms. The number of allylic oxidation sites excluding steroid dienone is 2. The number of aliphatic hydroxyl groups is 3. The van der Waals surface area contributed by atoms with Gasteiger partial charge in [0.25, 0.3) is 11.7 Å². The van der Waals surface area contributed by atoms with Gasteiger partial charge in [-0.05, 0) is 25.8 Å². The Bertz CT molecular complexity index is 2320. The maximum absolute atomic E-state index is 14.7. The molecule has 9 atom stereocenters. The van der Waals surface area contributed by atoms with Gasteiger partial charge in [-0.15, -0.1) is 0 Å². The van der Waals surface area contributed by atoms with Crippen molar-refractivity contribution in [2.45, 2.75) is 111 Å². The smallest absolute Gasteiger partial charge is 0.312 e. The standard InChI is InChI=1S/C46H62N4O12/c1-22(2)20-50-17-15-46(16-18-50)48-34-31-32-39(55)27(7)42-33(31)43(57)45(9,62-42)60-19-14-30(59-10)24(4)41(61-28(8)52)26(6)37(53)25(5)38(54)29(21-51)13-11-12-23(3)44(58)47-36(40(32)56)35(34)49-46/h11-14,19,22,24-26,29-30,37-38,41,51,53-56H,15-18,20-21H2,1-10H3,(H,47,58)/b13-11-,19-14-,23-12+/t24-,25-,26+,29+,30-,37+,38+,41-,45-/m0/s1. The Balaban J connectivity index is 1.55. The average Bonchev–Trinajstić information content (AvgIpc) is 3.73. The summed E-state index contributed by atoms with van der Waals surface area (Å²) in [7, 11) is 1.44. The number of hydrogen-bond donors (Lipinski definition) is 6. The number of hydrogen-bond acceptors (Lipinski definition) is 15. The molecule has 0 aromatic heterocycles. The molecule has 0 saturated carbocycles. The minimum Gasteiger partial charge on any atom is -0.507 e. The van der Waals surface area contributed by atoms with Crippen molar-refractivity contribution in [2.24, 2.45) is 39.6 Å². The largest absolute Gasteiger partial charge is 0.507 e. The van der Waals surface area contributed by atoms with Crippen LogP contribution in [0.25, 0.3) is 10.8 Å². The second-order valence-corrected chi connectivity index (χ2v) is 17.9. The maximum Gasteiger partial charge on any atom is 0.312 e. The summed E-state index contributed by atoms with van der Waals surface area (Å²) in [5.41, 5.74) is -0.747. The van der Waals surface area contributed by atoms with Crippen LogP contribution in [0.3, 0.4) is 0 Å². The Morgan fingerprint density at radius 2 is 1.65 bits per heavy atom. The van der Waals surface area contributed by atoms with Gasteiger partial charge in [0, 0.05) is 93.6 Å². The number of methoxy groups -OCH3 is 1. The van der Waals surface area contributed by atoms with E-state index in [1.54, 1.807) is 20.8 Å². The van der Waals surface area contributed by atoms with Crippen LogP contribution in [0.2, 0.25) is 0 Å². The van der Waals surface area contributed by atoms with Crippen molar-refractivity contribution in [1.29, 1.82) is 0 Å². The van der Waals surface area contributed by atoms with Crippen molar-refractivity contribution in [3.05, 3.63) is 58.0 Å². The molecule has 0 aliphatic carbocycles. The molecule has 2 aromatic carbocycles. The molecule has 6 N–H and O–H groups in total. The summed E-state index contributed by atoms with van der Waals surface area (Å²) in [6, 6.07) is 0. The lowest BCUT2D eigenvalue weighted by molar-refractivity contribution is -0.160. The Hall–Kier alpha value is -4.87. The fraction of sp³-hybridized carbons (Fsp3) is 0.587. The molecule has 0 unspecified atom stereocenters. The lowest BCUT2D eigenvalue weighted by Gasteiger charge is -2.38. The van der Waals surface area contributed by atoms with Crippen molar-refractivity contribution < 1.29 is 58.9 Å². The van der Waals surface area contributed by atoms with E-state index in [4.69, 9.17) is 28.9 Å². The highest BCUT2D eigenvalue weighted by atomic mass is 16.7. The zero-order valence-electron chi connectivity index (χ0n) is 37.3. The minimum atomic E-state index is -1.98. The molecule has 62 heavy (non-hydrogen) atoms. The quantitative estimate of drug-likeness (QED) is 0.186. The van der Waals surface area contributed by atoms with Crippen LogP contribution in [-0.4, -0.2) is 117 Å². The Morgan fingerprint density at radius 1 is 0.984 bits per heavy atom. The number of phenolic OH excluding ortho intramolecular Hbond substituents is 2. The van der Waals surface area contributed by atoms with Gasteiger partial charge in [-0.3, -0.25) is 24.4 Å². The molecule has 16 heteroatoms. The van der Waals surface area contributed by atoms with Gasteiger partial charge in [0.2, 0.25) is 0 Å². The van der Waals surface area contributed by atoms with Crippen LogP contribution in [-0.2, 0) is 23.8 Å². The van der Waals surface area contributed by atoms with Gasteiger partial charge in [0.15, 0.2) is 11.4 Å². The van der Waals surface area contributed by atoms with E-state index in [1.807, 2.05) is 0 Å². The molecule has 1 fully saturated rings. The maximum atomic E-state index is 14.7. The normalized spacial score (nSPS) is 32.3. The van der Waals surface area contributed by atoms with Gasteiger partial charge < -0.3 is 54.7 Å². The summed E-state index contributed by atoms with van der Waals surface area (Å²) < 4.78 is 23.9. The molecule has 338 valence electrons. The van der Waals surface area contributed by atoms with Crippen molar-refractivity contribution >= 4 is 34.1 Å². The molecule has 16 nitrogen and oxygen atoms in total. The molecular formula is C46H62N4O12. The molecule has 0 radical (unpaired) electrons. The van der Waals surface area contributed by atoms with Crippen LogP contribution < -0.4 is 20.8 Å². The Morgan fingerprint density at radius 3 is 2.26 bits per heavy atom. The first-order valence-electron chi connectivity index (χ1n) is 21.4. The number of phenols is 2. The number of ketones is 1. The second kappa shape index (κ2) is 18.1. The molecule has 4 aliphatic heterocycles. The lowest BCUT2D eigenvalue weighted by atomic mass is 9.78. The predicted octanol–water partition coefficient (Wildman–Crippen LogP) is 3.72. The Labute approximate surface area is 361 Å². The fourth-order valence-electron chi connectivity index (χ4n) is 9.25. The second-order valence-electron chi connectivity index (χ2n) is 17.9. The number of amides is 1. The predicted molar refractivity (Wildman–Crippen MR) is 229 cm³/mol. The molecule has 6 rings (SSSR count). The van der Waals surface area contributed by atoms with Gasteiger partial charge in [0.05, 0.1) is 47.5 Å². The van der Waals surface area contributed by atoms with Gasteiger partial charge in [0.1, 0.15) is 28.6 Å². The molecule has 1 saturated heterocycles. The number of aromatic hydroxyl groups is 2. The number of benzene rings is 2. The van der Waals surface area contributed by atoms with E-state index in [0.29, 0.717) is 31.8 Å². The number of Topliss-reactive ketones (excluding diaryl/α,β-unsaturated/α-hetero) is 1. The van der Waals surface area contributed by atoms with E-state index in [9.17, 15) is 39.9 Å². The molecule has 4 heterocycles. The summed E-state index contributed by atoms with van der Waals surface area (Å²) in [6.07, 6.45) is 4.08. The number of carbonyl (C=O) groups excluding carboxylic acids is 3. The number of aliphatic hydroxyl groups excluding tert-OH is 3. The van der Waals surface area contributed by atoms with Crippen LogP contribution in [0.15, 0.2) is 46.1 Å². The highest BCUT2D eigenvalue weighted by molar-refractivity contribution is 6.19. The molecular weight excluding hydrogens is 801 g/mol. The van der Waals surface area contributed by atoms with E-state index >= 15 is 0 Å². The number of fused-ring (bicyclic) bond motifs is 1. The highest BCUT2D eigenvalue weighted by Crippen LogP contribution is 2.50. The number of nitrogens with zero attached hydrogens (tertiary/aromatic N) is 3. The van der Waals surface area contributed by atoms with E-state index < -0.39 is 95.3 Å². The van der Waals surface area contributed by atoms with Crippen LogP contribution >= 0.6 is 0 Å². The van der Waals surface area contributed by atoms with Gasteiger partial charge in [-0.2, -0.15) is 0 Å². The fourth-order valence-corrected chi connectivity index (χ4v) is 9.25. The number of carbonyl (C=O) groups is 3. The third-order valence-corrected chi connectivity index (χ3v) is 12.9. The molecule has 1 spiro atoms. The van der Waals surface area contributed by atoms with Crippen molar-refractivity contribution in [3.63, 3.8) is 0 Å². The van der Waals surface area contributed by atoms with E-state index in [-0.39, 0.29) is 49.6 Å². The van der Waals surface area contributed by atoms with Crippen molar-refractivity contribution in [3.8, 4) is 17.2 Å². The SMILES string of the molecule is CO[C@H]1/C=C\O[C@@]2(C)Oc3c(C)c(O)c4c(O)c(c5c(c4c3C2=O)=NC2(CCN(CC(C)C)CC2)N=5)NC(=O)/C(C)=C/C=C\[C@H](CO)[C@H](O)[C@@H](C)[C@@H](O)[C@@H](C)[C@@H](OC(C)=O)[C@H]1C. The van der Waals surface area contributed by atoms with Gasteiger partial charge >= 0.3 is 11.8 Å². The summed E-state index contributed by atoms with van der Waals surface area (Å²) in [5, 5.41) is 60.4. The number of likely N-dealkylation sites (tertiary alicyclic amines) is 1. The van der Waals surface area contributed by atoms with Gasteiger partial charge in [-0.1, -0.05) is 52.8 Å². The topological polar surface area (TPSA) is 229 Å². The lowest BCUT2D eigenvalue weighted by Crippen LogP contribution is -2.47. The minimum absolute atomic E-state index is 0.0173. The Kier molecular flexibility index (Phi) is 13.6. The first-order valence-corrected chi connectivity index (χ1v) is 21.4. The number of nitrogens with one attached hydrogen (secondary N) is 1. The molecule has 2 aromatic rings. The van der Waals surface area contributed by atoms with Crippen molar-refractivity contribution in [2.75, 3.05) is 38.7 Å². The van der Waals surface area contributed by atoms with Crippen molar-refractivity contribution in [1.82, 2.24) is 4.90 Å². The third-order valence-electron chi connectivity index (χ3n) is 12.9. The third kappa shape index (κ3) is 8.59. The summed E-state index contributed by atoms with van der Waals surface area (Å²) in [4.78, 5) is 53.7. The van der Waals surface area contributed by atoms with E-state index in [1.165, 1.54) is 65.4 Å². The highest BCUT2D eigenvalue weighted by Gasteiger charge is 2.50. The first-order chi connectivity index (χ1) is 29.2. The zero-order chi connectivity index (χ0) is 45.6. The number of ether oxygens (including phenoxy) is 4. The van der Waals surface area contributed by atoms with Crippen LogP contribution in [0.4, 0.5) is 5.69 Å². The number of rotatable bonds is 5. The van der Waals surface area contributed by atoms with Crippen LogP contribution in [0.1, 0.15) is 84.2 Å². The number of anilines is 1. The van der Waals surface area contributed by atoms with Crippen LogP contribution in [0.5, 0.6) is 17.2 Å². The summed E-state index contributed by atoms with van der Waals surface area (Å²) >= 11 is 0. The summed E-state index contributed by atoms with van der Waals surface area (Å²) in [5.74, 6) is -7.34. The van der Waals surface area contributed by atoms with Gasteiger partial charge in [-0.25, -0.2) is 0 Å². The van der Waals surface area contributed by atoms with Crippen LogP contribution in [0, 0.1) is 36.5 Å². The first kappa shape index (κ1) is 46.6. The van der Waals surface area contributed by atoms with E-state index in [2.05, 4.69) is 24.1 Å². The monoisotopic (exact) mass is 862 g/mol. The number of esters is 1. The average molecular weight is 863 g/mol. The molecule has 1 amide bonds. The molecule has 4 aliphatic rings. The zero-order valence-corrected chi connectivity index (χ0v) is 37.3. The number of piperidine rings is 1. The van der Waals surface area contributed by atoms with E-state index in [0.717, 1.165) is 6.54 Å².